The number of hydrogen-bond donors (Lipinski definition) is 2. The Morgan fingerprint density at radius 2 is 1.73 bits per heavy atom. The molecule has 1 aromatic carbocycles. The lowest BCUT2D eigenvalue weighted by Gasteiger charge is -2.22. The van der Waals surface area contributed by atoms with E-state index in [4.69, 9.17) is 4.74 Å². The molecule has 2 rings (SSSR count). The summed E-state index contributed by atoms with van der Waals surface area (Å²) in [6.07, 6.45) is 2.29. The molecule has 0 spiro atoms. The number of fused-ring (bicyclic) bond motifs is 1. The van der Waals surface area contributed by atoms with E-state index in [9.17, 15) is 14.4 Å². The highest BCUT2D eigenvalue weighted by molar-refractivity contribution is 5.96. The quantitative estimate of drug-likeness (QED) is 0.791. The summed E-state index contributed by atoms with van der Waals surface area (Å²) in [7, 11) is 0. The molecule has 1 aliphatic carbocycles. The maximum Gasteiger partial charge on any atom is 0.329 e. The first kappa shape index (κ1) is 19.9. The van der Waals surface area contributed by atoms with Gasteiger partial charge in [0.25, 0.3) is 5.91 Å². The molecule has 2 N–H and O–H groups in total. The van der Waals surface area contributed by atoms with E-state index in [1.54, 1.807) is 20.8 Å². The zero-order chi connectivity index (χ0) is 19.5. The van der Waals surface area contributed by atoms with Gasteiger partial charge in [0.1, 0.15) is 6.04 Å². The second-order valence-corrected chi connectivity index (χ2v) is 7.85. The number of hydrogen-bond acceptors (Lipinski definition) is 4. The van der Waals surface area contributed by atoms with Crippen molar-refractivity contribution in [2.24, 2.45) is 5.41 Å². The van der Waals surface area contributed by atoms with Crippen molar-refractivity contribution in [1.29, 1.82) is 0 Å². The Labute approximate surface area is 154 Å². The van der Waals surface area contributed by atoms with Gasteiger partial charge in [-0.3, -0.25) is 9.59 Å². The minimum absolute atomic E-state index is 0.253. The van der Waals surface area contributed by atoms with Crippen molar-refractivity contribution in [3.8, 4) is 0 Å². The summed E-state index contributed by atoms with van der Waals surface area (Å²) in [5.41, 5.74) is 2.68. The van der Waals surface area contributed by atoms with Gasteiger partial charge in [-0.1, -0.05) is 26.8 Å². The zero-order valence-electron chi connectivity index (χ0n) is 16.1. The Bertz CT molecular complexity index is 706. The van der Waals surface area contributed by atoms with Crippen LogP contribution in [0.2, 0.25) is 0 Å². The SMILES string of the molecule is CC(NC(=O)C(C)(C)C)C(=O)OC(C)C(=O)Nc1ccc2c(c1)CCC2. The van der Waals surface area contributed by atoms with Gasteiger partial charge in [-0.15, -0.1) is 0 Å². The molecule has 0 saturated heterocycles. The van der Waals surface area contributed by atoms with Gasteiger partial charge in [0.15, 0.2) is 6.10 Å². The number of anilines is 1. The Morgan fingerprint density at radius 3 is 2.38 bits per heavy atom. The number of benzene rings is 1. The molecular formula is C20H28N2O4. The third-order valence-corrected chi connectivity index (χ3v) is 4.41. The number of carbonyl (C=O) groups is 3. The van der Waals surface area contributed by atoms with Gasteiger partial charge in [0.2, 0.25) is 5.91 Å². The number of amides is 2. The number of esters is 1. The molecule has 0 bridgehead atoms. The topological polar surface area (TPSA) is 84.5 Å². The highest BCUT2D eigenvalue weighted by atomic mass is 16.5. The summed E-state index contributed by atoms with van der Waals surface area (Å²) in [5.74, 6) is -1.29. The van der Waals surface area contributed by atoms with E-state index >= 15 is 0 Å². The van der Waals surface area contributed by atoms with Gasteiger partial charge >= 0.3 is 5.97 Å². The summed E-state index contributed by atoms with van der Waals surface area (Å²) < 4.78 is 5.19. The average Bonchev–Trinajstić information content (AvgIpc) is 3.01. The van der Waals surface area contributed by atoms with Crippen molar-refractivity contribution in [2.45, 2.75) is 66.0 Å². The van der Waals surface area contributed by atoms with E-state index in [-0.39, 0.29) is 5.91 Å². The Balaban J connectivity index is 1.88. The van der Waals surface area contributed by atoms with Crippen LogP contribution in [0.1, 0.15) is 52.2 Å². The van der Waals surface area contributed by atoms with Gasteiger partial charge in [-0.2, -0.15) is 0 Å². The average molecular weight is 360 g/mol. The number of rotatable bonds is 5. The number of aryl methyl sites for hydroxylation is 2. The molecule has 0 heterocycles. The Morgan fingerprint density at radius 1 is 1.08 bits per heavy atom. The first-order valence-electron chi connectivity index (χ1n) is 9.02. The van der Waals surface area contributed by atoms with E-state index in [0.717, 1.165) is 19.3 Å². The van der Waals surface area contributed by atoms with E-state index in [2.05, 4.69) is 10.6 Å². The molecule has 1 aromatic rings. The van der Waals surface area contributed by atoms with Crippen LogP contribution < -0.4 is 10.6 Å². The second kappa shape index (κ2) is 7.89. The van der Waals surface area contributed by atoms with Crippen LogP contribution in [0.3, 0.4) is 0 Å². The third-order valence-electron chi connectivity index (χ3n) is 4.41. The van der Waals surface area contributed by atoms with Crippen LogP contribution in [0.15, 0.2) is 18.2 Å². The lowest BCUT2D eigenvalue weighted by Crippen LogP contribution is -2.46. The number of carbonyl (C=O) groups excluding carboxylic acids is 3. The summed E-state index contributed by atoms with van der Waals surface area (Å²) in [6, 6.07) is 5.04. The second-order valence-electron chi connectivity index (χ2n) is 7.85. The fourth-order valence-corrected chi connectivity index (χ4v) is 2.70. The molecule has 0 aromatic heterocycles. The van der Waals surface area contributed by atoms with Crippen molar-refractivity contribution in [2.75, 3.05) is 5.32 Å². The van der Waals surface area contributed by atoms with Crippen LogP contribution in [0.25, 0.3) is 0 Å². The van der Waals surface area contributed by atoms with Crippen LogP contribution in [0.5, 0.6) is 0 Å². The van der Waals surface area contributed by atoms with E-state index in [1.165, 1.54) is 25.0 Å². The standard InChI is InChI=1S/C20H28N2O4/c1-12(21-19(25)20(3,4)5)18(24)26-13(2)17(23)22-16-10-9-14-7-6-8-15(14)11-16/h9-13H,6-8H2,1-5H3,(H,21,25)(H,22,23). The van der Waals surface area contributed by atoms with E-state index in [0.29, 0.717) is 5.69 Å². The molecule has 26 heavy (non-hydrogen) atoms. The summed E-state index contributed by atoms with van der Waals surface area (Å²) in [5, 5.41) is 5.37. The van der Waals surface area contributed by atoms with Crippen molar-refractivity contribution < 1.29 is 19.1 Å². The predicted octanol–water partition coefficient (Wildman–Crippen LogP) is 2.60. The van der Waals surface area contributed by atoms with Gasteiger partial charge in [-0.05, 0) is 56.4 Å². The normalized spacial score (nSPS) is 15.6. The van der Waals surface area contributed by atoms with E-state index in [1.807, 2.05) is 18.2 Å². The van der Waals surface area contributed by atoms with Crippen LogP contribution in [-0.2, 0) is 32.0 Å². The van der Waals surface area contributed by atoms with Crippen molar-refractivity contribution >= 4 is 23.5 Å². The maximum atomic E-state index is 12.3. The highest BCUT2D eigenvalue weighted by Gasteiger charge is 2.27. The molecule has 0 fully saturated rings. The Hall–Kier alpha value is -2.37. The summed E-state index contributed by atoms with van der Waals surface area (Å²) in [4.78, 5) is 36.3. The largest absolute Gasteiger partial charge is 0.451 e. The number of nitrogens with one attached hydrogen (secondary N) is 2. The number of ether oxygens (including phenoxy) is 1. The lowest BCUT2D eigenvalue weighted by molar-refractivity contribution is -0.156. The van der Waals surface area contributed by atoms with Gasteiger partial charge in [0.05, 0.1) is 0 Å². The van der Waals surface area contributed by atoms with Crippen molar-refractivity contribution in [3.05, 3.63) is 29.3 Å². The van der Waals surface area contributed by atoms with Crippen molar-refractivity contribution in [3.63, 3.8) is 0 Å². The molecule has 0 radical (unpaired) electrons. The third kappa shape index (κ3) is 5.07. The van der Waals surface area contributed by atoms with Gasteiger partial charge < -0.3 is 15.4 Å². The van der Waals surface area contributed by atoms with Gasteiger partial charge in [-0.25, -0.2) is 4.79 Å². The first-order chi connectivity index (χ1) is 12.1. The van der Waals surface area contributed by atoms with Crippen molar-refractivity contribution in [1.82, 2.24) is 5.32 Å². The molecule has 0 aliphatic heterocycles. The smallest absolute Gasteiger partial charge is 0.329 e. The monoisotopic (exact) mass is 360 g/mol. The Kier molecular flexibility index (Phi) is 6.05. The minimum Gasteiger partial charge on any atom is -0.451 e. The molecule has 6 heteroatoms. The summed E-state index contributed by atoms with van der Waals surface area (Å²) in [6.45, 7) is 8.32. The lowest BCUT2D eigenvalue weighted by atomic mass is 9.95. The fraction of sp³-hybridized carbons (Fsp3) is 0.550. The maximum absolute atomic E-state index is 12.3. The molecule has 2 amide bonds. The zero-order valence-corrected chi connectivity index (χ0v) is 16.1. The molecular weight excluding hydrogens is 332 g/mol. The molecule has 6 nitrogen and oxygen atoms in total. The van der Waals surface area contributed by atoms with Crippen LogP contribution >= 0.6 is 0 Å². The molecule has 2 atom stereocenters. The van der Waals surface area contributed by atoms with Gasteiger partial charge in [0, 0.05) is 11.1 Å². The first-order valence-corrected chi connectivity index (χ1v) is 9.02. The van der Waals surface area contributed by atoms with Crippen LogP contribution in [-0.4, -0.2) is 29.9 Å². The highest BCUT2D eigenvalue weighted by Crippen LogP contribution is 2.25. The molecule has 2 unspecified atom stereocenters. The minimum atomic E-state index is -0.954. The molecule has 0 saturated carbocycles. The van der Waals surface area contributed by atoms with Crippen LogP contribution in [0, 0.1) is 5.41 Å². The molecule has 142 valence electrons. The van der Waals surface area contributed by atoms with Crippen LogP contribution in [0.4, 0.5) is 5.69 Å². The molecule has 1 aliphatic rings. The summed E-state index contributed by atoms with van der Waals surface area (Å²) >= 11 is 0. The predicted molar refractivity (Wildman–Crippen MR) is 99.7 cm³/mol. The fourth-order valence-electron chi connectivity index (χ4n) is 2.70. The van der Waals surface area contributed by atoms with E-state index < -0.39 is 29.4 Å².